The van der Waals surface area contributed by atoms with Gasteiger partial charge in [-0.25, -0.2) is 9.59 Å². The third-order valence-corrected chi connectivity index (χ3v) is 4.90. The Labute approximate surface area is 165 Å². The molecular formula is C20H28ClNO5. The number of rotatable bonds is 5. The van der Waals surface area contributed by atoms with Gasteiger partial charge in [0, 0.05) is 6.42 Å². The summed E-state index contributed by atoms with van der Waals surface area (Å²) >= 11 is 6.35. The van der Waals surface area contributed by atoms with Gasteiger partial charge in [0.1, 0.15) is 23.5 Å². The number of hydrogen-bond donors (Lipinski definition) is 1. The number of aliphatic carboxylic acids is 1. The minimum Gasteiger partial charge on any atom is -0.487 e. The van der Waals surface area contributed by atoms with Gasteiger partial charge in [0.2, 0.25) is 0 Å². The topological polar surface area (TPSA) is 76.1 Å². The van der Waals surface area contributed by atoms with Gasteiger partial charge in [-0.05, 0) is 50.8 Å². The molecule has 1 amide bonds. The maximum absolute atomic E-state index is 12.4. The minimum absolute atomic E-state index is 0.134. The third-order valence-electron chi connectivity index (χ3n) is 4.61. The SMILES string of the molecule is CCC(C)c1ccc(OC2CC(C(=O)O)N(C(=O)OC(C)(C)C)C2)c(Cl)c1. The molecule has 0 saturated carbocycles. The number of carbonyl (C=O) groups excluding carboxylic acids is 1. The molecule has 1 aromatic rings. The number of likely N-dealkylation sites (tertiary alicyclic amines) is 1. The molecule has 0 aromatic heterocycles. The second-order valence-electron chi connectivity index (χ2n) is 7.96. The molecular weight excluding hydrogens is 370 g/mol. The maximum Gasteiger partial charge on any atom is 0.411 e. The normalized spacial score (nSPS) is 21.0. The van der Waals surface area contributed by atoms with Crippen molar-refractivity contribution in [2.24, 2.45) is 0 Å². The molecule has 150 valence electrons. The predicted molar refractivity (Wildman–Crippen MR) is 104 cm³/mol. The van der Waals surface area contributed by atoms with Crippen molar-refractivity contribution in [2.45, 2.75) is 71.1 Å². The Balaban J connectivity index is 2.12. The van der Waals surface area contributed by atoms with Crippen LogP contribution in [-0.4, -0.2) is 46.4 Å². The molecule has 3 unspecified atom stereocenters. The van der Waals surface area contributed by atoms with E-state index in [1.54, 1.807) is 26.8 Å². The summed E-state index contributed by atoms with van der Waals surface area (Å²) in [5, 5.41) is 9.94. The first-order valence-corrected chi connectivity index (χ1v) is 9.58. The first-order valence-electron chi connectivity index (χ1n) is 9.20. The van der Waals surface area contributed by atoms with Crippen LogP contribution in [0.1, 0.15) is 58.9 Å². The van der Waals surface area contributed by atoms with Crippen molar-refractivity contribution < 1.29 is 24.2 Å². The Hall–Kier alpha value is -1.95. The number of nitrogens with zero attached hydrogens (tertiary/aromatic N) is 1. The monoisotopic (exact) mass is 397 g/mol. The van der Waals surface area contributed by atoms with Crippen molar-refractivity contribution in [3.05, 3.63) is 28.8 Å². The molecule has 7 heteroatoms. The lowest BCUT2D eigenvalue weighted by Crippen LogP contribution is -2.43. The first-order chi connectivity index (χ1) is 12.5. The fourth-order valence-corrected chi connectivity index (χ4v) is 3.21. The number of carboxylic acid groups (broad SMARTS) is 1. The van der Waals surface area contributed by atoms with Crippen molar-refractivity contribution in [3.8, 4) is 5.75 Å². The van der Waals surface area contributed by atoms with Gasteiger partial charge in [0.15, 0.2) is 0 Å². The average Bonchev–Trinajstić information content (AvgIpc) is 2.99. The molecule has 1 heterocycles. The van der Waals surface area contributed by atoms with E-state index in [0.717, 1.165) is 12.0 Å². The standard InChI is InChI=1S/C20H28ClNO5/c1-6-12(2)13-7-8-17(15(21)9-13)26-14-10-16(18(23)24)22(11-14)19(25)27-20(3,4)5/h7-9,12,14,16H,6,10-11H2,1-5H3,(H,23,24). The van der Waals surface area contributed by atoms with E-state index in [4.69, 9.17) is 21.1 Å². The van der Waals surface area contributed by atoms with Crippen LogP contribution in [-0.2, 0) is 9.53 Å². The van der Waals surface area contributed by atoms with Gasteiger partial charge >= 0.3 is 12.1 Å². The van der Waals surface area contributed by atoms with Crippen LogP contribution >= 0.6 is 11.6 Å². The summed E-state index contributed by atoms with van der Waals surface area (Å²) in [6, 6.07) is 4.66. The number of carbonyl (C=O) groups is 2. The molecule has 1 fully saturated rings. The number of halogens is 1. The Morgan fingerprint density at radius 2 is 2.04 bits per heavy atom. The second-order valence-corrected chi connectivity index (χ2v) is 8.37. The van der Waals surface area contributed by atoms with Crippen molar-refractivity contribution >= 4 is 23.7 Å². The fraction of sp³-hybridized carbons (Fsp3) is 0.600. The van der Waals surface area contributed by atoms with Crippen LogP contribution < -0.4 is 4.74 Å². The largest absolute Gasteiger partial charge is 0.487 e. The van der Waals surface area contributed by atoms with E-state index >= 15 is 0 Å². The zero-order valence-electron chi connectivity index (χ0n) is 16.5. The van der Waals surface area contributed by atoms with E-state index in [1.807, 2.05) is 12.1 Å². The quantitative estimate of drug-likeness (QED) is 0.779. The number of ether oxygens (including phenoxy) is 2. The molecule has 0 spiro atoms. The second kappa shape index (κ2) is 8.38. The van der Waals surface area contributed by atoms with Gasteiger partial charge in [-0.1, -0.05) is 31.5 Å². The Morgan fingerprint density at radius 3 is 2.56 bits per heavy atom. The molecule has 6 nitrogen and oxygen atoms in total. The number of hydrogen-bond acceptors (Lipinski definition) is 4. The van der Waals surface area contributed by atoms with Gasteiger partial charge in [-0.3, -0.25) is 4.90 Å². The summed E-state index contributed by atoms with van der Waals surface area (Å²) in [6.45, 7) is 9.59. The van der Waals surface area contributed by atoms with Crippen LogP contribution in [0, 0.1) is 0 Å². The molecule has 2 rings (SSSR count). The lowest BCUT2D eigenvalue weighted by molar-refractivity contribution is -0.142. The fourth-order valence-electron chi connectivity index (χ4n) is 2.97. The van der Waals surface area contributed by atoms with Gasteiger partial charge in [0.05, 0.1) is 11.6 Å². The predicted octanol–water partition coefficient (Wildman–Crippen LogP) is 4.69. The van der Waals surface area contributed by atoms with Gasteiger partial charge < -0.3 is 14.6 Å². The highest BCUT2D eigenvalue weighted by Gasteiger charge is 2.42. The zero-order valence-corrected chi connectivity index (χ0v) is 17.2. The highest BCUT2D eigenvalue weighted by atomic mass is 35.5. The van der Waals surface area contributed by atoms with E-state index in [2.05, 4.69) is 13.8 Å². The zero-order chi connectivity index (χ0) is 20.4. The van der Waals surface area contributed by atoms with Crippen molar-refractivity contribution in [1.82, 2.24) is 4.90 Å². The Bertz CT molecular complexity index is 700. The van der Waals surface area contributed by atoms with E-state index < -0.39 is 29.8 Å². The molecule has 1 aliphatic rings. The lowest BCUT2D eigenvalue weighted by Gasteiger charge is -2.26. The van der Waals surface area contributed by atoms with Crippen LogP contribution in [0.15, 0.2) is 18.2 Å². The summed E-state index contributed by atoms with van der Waals surface area (Å²) in [6.07, 6.45) is 0.0623. The molecule has 3 atom stereocenters. The van der Waals surface area contributed by atoms with Gasteiger partial charge in [-0.2, -0.15) is 0 Å². The Kier molecular flexibility index (Phi) is 6.63. The van der Waals surface area contributed by atoms with E-state index in [-0.39, 0.29) is 13.0 Å². The van der Waals surface area contributed by atoms with Gasteiger partial charge in [-0.15, -0.1) is 0 Å². The molecule has 27 heavy (non-hydrogen) atoms. The maximum atomic E-state index is 12.4. The van der Waals surface area contributed by atoms with Crippen molar-refractivity contribution in [2.75, 3.05) is 6.54 Å². The van der Waals surface area contributed by atoms with E-state index in [9.17, 15) is 14.7 Å². The van der Waals surface area contributed by atoms with Crippen LogP contribution in [0.2, 0.25) is 5.02 Å². The number of carboxylic acids is 1. The summed E-state index contributed by atoms with van der Waals surface area (Å²) in [7, 11) is 0. The summed E-state index contributed by atoms with van der Waals surface area (Å²) < 4.78 is 11.2. The number of benzene rings is 1. The number of amides is 1. The van der Waals surface area contributed by atoms with Crippen molar-refractivity contribution in [3.63, 3.8) is 0 Å². The lowest BCUT2D eigenvalue weighted by atomic mass is 9.99. The highest BCUT2D eigenvalue weighted by Crippen LogP contribution is 2.32. The first kappa shape index (κ1) is 21.4. The van der Waals surface area contributed by atoms with Crippen LogP contribution in [0.3, 0.4) is 0 Å². The molecule has 0 radical (unpaired) electrons. The van der Waals surface area contributed by atoms with Crippen molar-refractivity contribution in [1.29, 1.82) is 0 Å². The average molecular weight is 398 g/mol. The Morgan fingerprint density at radius 1 is 1.37 bits per heavy atom. The van der Waals surface area contributed by atoms with E-state index in [1.165, 1.54) is 4.90 Å². The summed E-state index contributed by atoms with van der Waals surface area (Å²) in [4.78, 5) is 25.1. The third kappa shape index (κ3) is 5.51. The highest BCUT2D eigenvalue weighted by molar-refractivity contribution is 6.32. The van der Waals surface area contributed by atoms with E-state index in [0.29, 0.717) is 16.7 Å². The van der Waals surface area contributed by atoms with Crippen LogP contribution in [0.4, 0.5) is 4.79 Å². The molecule has 0 aliphatic carbocycles. The molecule has 0 bridgehead atoms. The summed E-state index contributed by atoms with van der Waals surface area (Å²) in [5.74, 6) is -0.198. The molecule has 1 aliphatic heterocycles. The van der Waals surface area contributed by atoms with Crippen LogP contribution in [0.25, 0.3) is 0 Å². The van der Waals surface area contributed by atoms with Gasteiger partial charge in [0.25, 0.3) is 0 Å². The molecule has 1 saturated heterocycles. The smallest absolute Gasteiger partial charge is 0.411 e. The molecule has 1 N–H and O–H groups in total. The molecule has 1 aromatic carbocycles. The van der Waals surface area contributed by atoms with Crippen LogP contribution in [0.5, 0.6) is 5.75 Å². The summed E-state index contributed by atoms with van der Waals surface area (Å²) in [5.41, 5.74) is 0.425. The minimum atomic E-state index is -1.08.